The van der Waals surface area contributed by atoms with E-state index in [9.17, 15) is 4.79 Å². The summed E-state index contributed by atoms with van der Waals surface area (Å²) in [4.78, 5) is 14.7. The Morgan fingerprint density at radius 2 is 2.00 bits per heavy atom. The number of nitrogens with zero attached hydrogens (tertiary/aromatic N) is 2. The lowest BCUT2D eigenvalue weighted by Crippen LogP contribution is -2.34. The maximum Gasteiger partial charge on any atom is 0.228 e. The molecule has 1 aliphatic heterocycles. The molecular weight excluding hydrogens is 368 g/mol. The maximum atomic E-state index is 12.8. The fourth-order valence-corrected chi connectivity index (χ4v) is 4.92. The topological polar surface area (TPSA) is 46.3 Å². The molecule has 1 amide bonds. The molecule has 0 aliphatic carbocycles. The van der Waals surface area contributed by atoms with Crippen LogP contribution in [0.25, 0.3) is 11.0 Å². The lowest BCUT2D eigenvalue weighted by molar-refractivity contribution is -0.130. The third-order valence-electron chi connectivity index (χ3n) is 4.72. The lowest BCUT2D eigenvalue weighted by atomic mass is 10.1. The van der Waals surface area contributed by atoms with E-state index in [2.05, 4.69) is 11.2 Å². The minimum Gasteiger partial charge on any atom is -0.356 e. The molecule has 1 aliphatic rings. The van der Waals surface area contributed by atoms with Crippen molar-refractivity contribution in [1.82, 2.24) is 10.1 Å². The summed E-state index contributed by atoms with van der Waals surface area (Å²) in [5.74, 6) is 1.01. The second-order valence-corrected chi connectivity index (χ2v) is 8.07. The third kappa shape index (κ3) is 3.60. The molecule has 0 spiro atoms. The molecule has 134 valence electrons. The number of amides is 1. The highest BCUT2D eigenvalue weighted by atomic mass is 35.5. The van der Waals surface area contributed by atoms with E-state index in [1.165, 1.54) is 0 Å². The Bertz CT molecular complexity index is 927. The minimum atomic E-state index is 0.101. The minimum absolute atomic E-state index is 0.101. The fraction of sp³-hybridized carbons (Fsp3) is 0.300. The monoisotopic (exact) mass is 386 g/mol. The fourth-order valence-electron chi connectivity index (χ4n) is 3.32. The normalized spacial score (nSPS) is 18.0. The van der Waals surface area contributed by atoms with Gasteiger partial charge in [0.25, 0.3) is 0 Å². The van der Waals surface area contributed by atoms with Gasteiger partial charge in [-0.1, -0.05) is 47.1 Å². The molecule has 4 rings (SSSR count). The first-order valence-electron chi connectivity index (χ1n) is 8.69. The number of benzene rings is 2. The van der Waals surface area contributed by atoms with Crippen molar-refractivity contribution in [3.63, 3.8) is 0 Å². The van der Waals surface area contributed by atoms with Gasteiger partial charge in [-0.05, 0) is 30.2 Å². The first-order chi connectivity index (χ1) is 12.7. The lowest BCUT2D eigenvalue weighted by Gasteiger charge is -2.20. The summed E-state index contributed by atoms with van der Waals surface area (Å²) in [7, 11) is 0. The van der Waals surface area contributed by atoms with E-state index in [1.54, 1.807) is 0 Å². The molecule has 6 heteroatoms. The van der Waals surface area contributed by atoms with Crippen molar-refractivity contribution in [2.45, 2.75) is 18.1 Å². The Morgan fingerprint density at radius 3 is 2.88 bits per heavy atom. The summed E-state index contributed by atoms with van der Waals surface area (Å²) in [6.45, 7) is 1.48. The van der Waals surface area contributed by atoms with Crippen LogP contribution in [0.3, 0.4) is 0 Å². The van der Waals surface area contributed by atoms with Crippen molar-refractivity contribution < 1.29 is 9.32 Å². The number of thioether (sulfide) groups is 1. The van der Waals surface area contributed by atoms with Gasteiger partial charge in [-0.3, -0.25) is 4.79 Å². The highest BCUT2D eigenvalue weighted by molar-refractivity contribution is 7.99. The van der Waals surface area contributed by atoms with Gasteiger partial charge < -0.3 is 9.42 Å². The molecule has 26 heavy (non-hydrogen) atoms. The van der Waals surface area contributed by atoms with Crippen LogP contribution < -0.4 is 0 Å². The molecular formula is C20H19ClN2O2S. The predicted molar refractivity (Wildman–Crippen MR) is 106 cm³/mol. The van der Waals surface area contributed by atoms with Crippen molar-refractivity contribution in [2.75, 3.05) is 18.8 Å². The number of aromatic nitrogens is 1. The van der Waals surface area contributed by atoms with Crippen molar-refractivity contribution in [3.8, 4) is 0 Å². The van der Waals surface area contributed by atoms with Crippen LogP contribution in [-0.4, -0.2) is 34.8 Å². The molecule has 1 fully saturated rings. The Hall–Kier alpha value is -1.98. The number of carbonyl (C=O) groups is 1. The van der Waals surface area contributed by atoms with E-state index in [1.807, 2.05) is 59.1 Å². The quantitative estimate of drug-likeness (QED) is 0.652. The van der Waals surface area contributed by atoms with Crippen molar-refractivity contribution in [2.24, 2.45) is 0 Å². The van der Waals surface area contributed by atoms with E-state index < -0.39 is 0 Å². The first-order valence-corrected chi connectivity index (χ1v) is 10.1. The molecule has 2 aromatic carbocycles. The molecule has 0 radical (unpaired) electrons. The second-order valence-electron chi connectivity index (χ2n) is 6.35. The zero-order valence-electron chi connectivity index (χ0n) is 14.2. The molecule has 3 aromatic rings. The predicted octanol–water partition coefficient (Wildman–Crippen LogP) is 4.73. The van der Waals surface area contributed by atoms with Crippen molar-refractivity contribution in [3.05, 3.63) is 64.8 Å². The van der Waals surface area contributed by atoms with Crippen LogP contribution in [0.2, 0.25) is 5.02 Å². The van der Waals surface area contributed by atoms with E-state index in [0.29, 0.717) is 10.9 Å². The summed E-state index contributed by atoms with van der Waals surface area (Å²) in [6, 6.07) is 15.6. The van der Waals surface area contributed by atoms with Gasteiger partial charge in [0.15, 0.2) is 5.58 Å². The summed E-state index contributed by atoms with van der Waals surface area (Å²) in [5.41, 5.74) is 2.60. The summed E-state index contributed by atoms with van der Waals surface area (Å²) in [5, 5.41) is 6.13. The van der Waals surface area contributed by atoms with E-state index in [0.717, 1.165) is 46.8 Å². The van der Waals surface area contributed by atoms with Crippen molar-refractivity contribution >= 4 is 40.2 Å². The Balaban J connectivity index is 1.44. The van der Waals surface area contributed by atoms with Crippen molar-refractivity contribution in [1.29, 1.82) is 0 Å². The Labute approximate surface area is 161 Å². The number of para-hydroxylation sites is 1. The smallest absolute Gasteiger partial charge is 0.228 e. The molecule has 0 N–H and O–H groups in total. The van der Waals surface area contributed by atoms with Crippen LogP contribution in [0.5, 0.6) is 0 Å². The van der Waals surface area contributed by atoms with Crippen LogP contribution >= 0.6 is 23.4 Å². The Morgan fingerprint density at radius 1 is 1.19 bits per heavy atom. The highest BCUT2D eigenvalue weighted by Gasteiger charge is 2.24. The average Bonchev–Trinajstić information content (AvgIpc) is 2.90. The van der Waals surface area contributed by atoms with E-state index in [4.69, 9.17) is 16.1 Å². The molecule has 1 aromatic heterocycles. The van der Waals surface area contributed by atoms with Gasteiger partial charge in [-0.25, -0.2) is 0 Å². The molecule has 1 saturated heterocycles. The van der Waals surface area contributed by atoms with Gasteiger partial charge in [0.1, 0.15) is 5.69 Å². The van der Waals surface area contributed by atoms with Crippen LogP contribution in [0.15, 0.2) is 53.1 Å². The SMILES string of the molecule is O=C(Cc1noc2ccccc12)N1CCS[C@@H](c2ccccc2Cl)CC1. The van der Waals surface area contributed by atoms with Crippen LogP contribution in [0, 0.1) is 0 Å². The number of rotatable bonds is 3. The van der Waals surface area contributed by atoms with Crippen LogP contribution in [0.1, 0.15) is 22.9 Å². The molecule has 2 heterocycles. The van der Waals surface area contributed by atoms with Gasteiger partial charge >= 0.3 is 0 Å². The number of hydrogen-bond acceptors (Lipinski definition) is 4. The van der Waals surface area contributed by atoms with E-state index >= 15 is 0 Å². The van der Waals surface area contributed by atoms with Gasteiger partial charge in [0.2, 0.25) is 5.91 Å². The first kappa shape index (κ1) is 17.4. The Kier molecular flexibility index (Phi) is 5.18. The summed E-state index contributed by atoms with van der Waals surface area (Å²) >= 11 is 8.22. The largest absolute Gasteiger partial charge is 0.356 e. The summed E-state index contributed by atoms with van der Waals surface area (Å²) in [6.07, 6.45) is 1.18. The van der Waals surface area contributed by atoms with Gasteiger partial charge in [0.05, 0.1) is 6.42 Å². The zero-order valence-corrected chi connectivity index (χ0v) is 15.8. The average molecular weight is 387 g/mol. The molecule has 0 saturated carbocycles. The number of halogens is 1. The van der Waals surface area contributed by atoms with Crippen LogP contribution in [-0.2, 0) is 11.2 Å². The molecule has 0 unspecified atom stereocenters. The maximum absolute atomic E-state index is 12.8. The van der Waals surface area contributed by atoms with Gasteiger partial charge in [-0.2, -0.15) is 11.8 Å². The van der Waals surface area contributed by atoms with E-state index in [-0.39, 0.29) is 12.3 Å². The zero-order chi connectivity index (χ0) is 17.9. The highest BCUT2D eigenvalue weighted by Crippen LogP contribution is 2.37. The molecule has 4 nitrogen and oxygen atoms in total. The number of hydrogen-bond donors (Lipinski definition) is 0. The number of fused-ring (bicyclic) bond motifs is 1. The number of carbonyl (C=O) groups excluding carboxylic acids is 1. The third-order valence-corrected chi connectivity index (χ3v) is 6.37. The van der Waals surface area contributed by atoms with Crippen LogP contribution in [0.4, 0.5) is 0 Å². The standard InChI is InChI=1S/C20H19ClN2O2S/c21-16-7-3-1-5-14(16)19-9-10-23(11-12-26-19)20(24)13-17-15-6-2-4-8-18(15)25-22-17/h1-8,19H,9-13H2/t19-/m1/s1. The second kappa shape index (κ2) is 7.72. The van der Waals surface area contributed by atoms with Gasteiger partial charge in [0, 0.05) is 34.5 Å². The summed E-state index contributed by atoms with van der Waals surface area (Å²) < 4.78 is 5.31. The molecule has 0 bridgehead atoms. The molecule has 1 atom stereocenters. The van der Waals surface area contributed by atoms with Gasteiger partial charge in [-0.15, -0.1) is 0 Å².